The third-order valence-corrected chi connectivity index (χ3v) is 1.75. The molecule has 0 bridgehead atoms. The Labute approximate surface area is 83.4 Å². The molecule has 1 rings (SSSR count). The van der Waals surface area contributed by atoms with Gasteiger partial charge < -0.3 is 0 Å². The van der Waals surface area contributed by atoms with Crippen molar-refractivity contribution in [1.29, 1.82) is 0 Å². The molecule has 0 aromatic heterocycles. The largest absolute Gasteiger partial charge is 0.302 e. The van der Waals surface area contributed by atoms with E-state index in [0.717, 1.165) is 12.1 Å². The number of benzene rings is 1. The molecule has 8 heteroatoms. The molecule has 0 radical (unpaired) electrons. The van der Waals surface area contributed by atoms with Crippen LogP contribution in [0.2, 0.25) is 0 Å². The van der Waals surface area contributed by atoms with E-state index >= 15 is 0 Å². The fourth-order valence-electron chi connectivity index (χ4n) is 1.15. The number of rotatable bonds is 3. The van der Waals surface area contributed by atoms with E-state index in [-0.39, 0.29) is 0 Å². The average Bonchev–Trinajstić information content (AvgIpc) is 2.16. The molecule has 0 saturated carbocycles. The van der Waals surface area contributed by atoms with Crippen molar-refractivity contribution in [3.8, 4) is 0 Å². The van der Waals surface area contributed by atoms with Crippen LogP contribution < -0.4 is 5.48 Å². The smallest absolute Gasteiger partial charge is 0.291 e. The van der Waals surface area contributed by atoms with Crippen LogP contribution in [0.1, 0.15) is 5.56 Å². The number of nitrogens with zero attached hydrogens (tertiary/aromatic N) is 2. The predicted octanol–water partition coefficient (Wildman–Crippen LogP) is 1.61. The summed E-state index contributed by atoms with van der Waals surface area (Å²) < 4.78 is 0. The van der Waals surface area contributed by atoms with Crippen LogP contribution in [0.5, 0.6) is 0 Å². The number of anilines is 1. The molecule has 0 aliphatic carbocycles. The lowest BCUT2D eigenvalue weighted by Crippen LogP contribution is -2.02. The summed E-state index contributed by atoms with van der Waals surface area (Å²) in [6.07, 6.45) is 0. The minimum absolute atomic E-state index is 0.368. The van der Waals surface area contributed by atoms with Crippen molar-refractivity contribution in [3.63, 3.8) is 0 Å². The van der Waals surface area contributed by atoms with Crippen LogP contribution in [0.3, 0.4) is 0 Å². The molecule has 80 valence electrons. The van der Waals surface area contributed by atoms with Crippen molar-refractivity contribution in [1.82, 2.24) is 0 Å². The fraction of sp³-hybridized carbons (Fsp3) is 0.143. The minimum atomic E-state index is -0.807. The van der Waals surface area contributed by atoms with Gasteiger partial charge in [-0.3, -0.25) is 30.9 Å². The summed E-state index contributed by atoms with van der Waals surface area (Å²) in [4.78, 5) is 19.5. The summed E-state index contributed by atoms with van der Waals surface area (Å²) in [7, 11) is 0. The molecular weight excluding hydrogens is 206 g/mol. The molecule has 0 spiro atoms. The maximum atomic E-state index is 10.5. The van der Waals surface area contributed by atoms with E-state index in [0.29, 0.717) is 5.56 Å². The lowest BCUT2D eigenvalue weighted by atomic mass is 10.1. The Balaban J connectivity index is 3.52. The highest BCUT2D eigenvalue weighted by atomic mass is 16.6. The van der Waals surface area contributed by atoms with Gasteiger partial charge in [0.1, 0.15) is 0 Å². The third kappa shape index (κ3) is 1.99. The van der Waals surface area contributed by atoms with Gasteiger partial charge in [0.15, 0.2) is 0 Å². The summed E-state index contributed by atoms with van der Waals surface area (Å²) in [5.41, 5.74) is 0.245. The van der Waals surface area contributed by atoms with Crippen LogP contribution in [0.4, 0.5) is 17.1 Å². The molecule has 1 aromatic carbocycles. The van der Waals surface area contributed by atoms with Crippen LogP contribution in [-0.4, -0.2) is 15.1 Å². The van der Waals surface area contributed by atoms with E-state index in [2.05, 4.69) is 0 Å². The number of nitro groups is 2. The first-order chi connectivity index (χ1) is 6.97. The molecule has 0 aliphatic rings. The average molecular weight is 213 g/mol. The number of nitrogens with one attached hydrogen (secondary N) is 1. The lowest BCUT2D eigenvalue weighted by Gasteiger charge is -2.03. The minimum Gasteiger partial charge on any atom is -0.291 e. The van der Waals surface area contributed by atoms with Gasteiger partial charge in [0.25, 0.3) is 0 Å². The quantitative estimate of drug-likeness (QED) is 0.581. The Morgan fingerprint density at radius 2 is 1.60 bits per heavy atom. The van der Waals surface area contributed by atoms with Crippen LogP contribution in [-0.2, 0) is 0 Å². The molecule has 2 N–H and O–H groups in total. The van der Waals surface area contributed by atoms with Gasteiger partial charge in [-0.25, -0.2) is 0 Å². The molecule has 0 amide bonds. The monoisotopic (exact) mass is 213 g/mol. The second kappa shape index (κ2) is 3.88. The van der Waals surface area contributed by atoms with E-state index in [1.807, 2.05) is 0 Å². The van der Waals surface area contributed by atoms with Gasteiger partial charge in [0.2, 0.25) is 5.69 Å². The van der Waals surface area contributed by atoms with E-state index in [4.69, 9.17) is 5.21 Å². The summed E-state index contributed by atoms with van der Waals surface area (Å²) in [5.74, 6) is 0. The Morgan fingerprint density at radius 1 is 1.20 bits per heavy atom. The van der Waals surface area contributed by atoms with Crippen molar-refractivity contribution in [2.75, 3.05) is 5.48 Å². The summed E-state index contributed by atoms with van der Waals surface area (Å²) >= 11 is 0. The molecule has 8 nitrogen and oxygen atoms in total. The van der Waals surface area contributed by atoms with Gasteiger partial charge in [-0.05, 0) is 12.5 Å². The normalized spacial score (nSPS) is 9.73. The Morgan fingerprint density at radius 3 is 1.87 bits per heavy atom. The molecule has 15 heavy (non-hydrogen) atoms. The first kappa shape index (κ1) is 10.9. The van der Waals surface area contributed by atoms with Crippen LogP contribution in [0.25, 0.3) is 0 Å². The second-order valence-electron chi connectivity index (χ2n) is 2.80. The number of nitro benzene ring substituents is 2. The summed E-state index contributed by atoms with van der Waals surface area (Å²) in [6, 6.07) is 2.26. The fourth-order valence-corrected chi connectivity index (χ4v) is 1.15. The predicted molar refractivity (Wildman–Crippen MR) is 49.9 cm³/mol. The van der Waals surface area contributed by atoms with Crippen molar-refractivity contribution in [2.45, 2.75) is 6.92 Å². The Hall–Kier alpha value is -2.22. The summed E-state index contributed by atoms with van der Waals surface area (Å²) in [5, 5.41) is 29.7. The molecule has 0 unspecified atom stereocenters. The zero-order chi connectivity index (χ0) is 11.6. The van der Waals surface area contributed by atoms with Gasteiger partial charge >= 0.3 is 11.4 Å². The standard InChI is InChI=1S/C7H7N3O5/c1-4-2-5(9(12)13)7(8-11)6(3-4)10(14)15/h2-3,8,11H,1H3. The summed E-state index contributed by atoms with van der Waals surface area (Å²) in [6.45, 7) is 1.49. The van der Waals surface area contributed by atoms with Gasteiger partial charge in [-0.2, -0.15) is 0 Å². The second-order valence-corrected chi connectivity index (χ2v) is 2.80. The van der Waals surface area contributed by atoms with Crippen LogP contribution in [0.15, 0.2) is 12.1 Å². The third-order valence-electron chi connectivity index (χ3n) is 1.75. The van der Waals surface area contributed by atoms with E-state index in [9.17, 15) is 20.2 Å². The lowest BCUT2D eigenvalue weighted by molar-refractivity contribution is -0.392. The molecule has 0 heterocycles. The zero-order valence-electron chi connectivity index (χ0n) is 7.63. The zero-order valence-corrected chi connectivity index (χ0v) is 7.63. The van der Waals surface area contributed by atoms with Gasteiger partial charge in [-0.1, -0.05) is 0 Å². The molecule has 1 aromatic rings. The van der Waals surface area contributed by atoms with Crippen molar-refractivity contribution in [3.05, 3.63) is 37.9 Å². The number of hydrogen-bond donors (Lipinski definition) is 2. The first-order valence-corrected chi connectivity index (χ1v) is 3.81. The van der Waals surface area contributed by atoms with Crippen LogP contribution >= 0.6 is 0 Å². The maximum absolute atomic E-state index is 10.5. The molecule has 0 fully saturated rings. The Kier molecular flexibility index (Phi) is 2.81. The maximum Gasteiger partial charge on any atom is 0.302 e. The molecular formula is C7H7N3O5. The number of hydrogen-bond acceptors (Lipinski definition) is 6. The first-order valence-electron chi connectivity index (χ1n) is 3.81. The molecule has 0 atom stereocenters. The van der Waals surface area contributed by atoms with E-state index in [1.54, 1.807) is 0 Å². The van der Waals surface area contributed by atoms with Gasteiger partial charge in [-0.15, -0.1) is 0 Å². The van der Waals surface area contributed by atoms with Crippen molar-refractivity contribution >= 4 is 17.1 Å². The van der Waals surface area contributed by atoms with Crippen molar-refractivity contribution < 1.29 is 15.1 Å². The van der Waals surface area contributed by atoms with Crippen LogP contribution in [0, 0.1) is 27.2 Å². The molecule has 0 aliphatic heterocycles. The Bertz CT molecular complexity index is 396. The van der Waals surface area contributed by atoms with Gasteiger partial charge in [0.05, 0.1) is 9.85 Å². The van der Waals surface area contributed by atoms with Crippen molar-refractivity contribution in [2.24, 2.45) is 0 Å². The van der Waals surface area contributed by atoms with Gasteiger partial charge in [0, 0.05) is 12.1 Å². The topological polar surface area (TPSA) is 119 Å². The van der Waals surface area contributed by atoms with E-state index in [1.165, 1.54) is 12.4 Å². The highest BCUT2D eigenvalue weighted by Crippen LogP contribution is 2.34. The highest BCUT2D eigenvalue weighted by Gasteiger charge is 2.25. The molecule has 0 saturated heterocycles. The SMILES string of the molecule is Cc1cc([N+](=O)[O-])c(NO)c([N+](=O)[O-])c1. The number of aryl methyl sites for hydroxylation is 1. The highest BCUT2D eigenvalue weighted by molar-refractivity contribution is 5.73. The van der Waals surface area contributed by atoms with E-state index < -0.39 is 26.9 Å².